The summed E-state index contributed by atoms with van der Waals surface area (Å²) in [5.41, 5.74) is 4.13. The quantitative estimate of drug-likeness (QED) is 0.308. The highest BCUT2D eigenvalue weighted by Gasteiger charge is 2.47. The minimum absolute atomic E-state index is 0.0106. The number of amides is 1. The van der Waals surface area contributed by atoms with Gasteiger partial charge in [0.25, 0.3) is 11.7 Å². The highest BCUT2D eigenvalue weighted by atomic mass is 16.7. The van der Waals surface area contributed by atoms with Crippen LogP contribution in [0.4, 0.5) is 11.4 Å². The van der Waals surface area contributed by atoms with E-state index in [1.54, 1.807) is 24.3 Å². The Labute approximate surface area is 215 Å². The van der Waals surface area contributed by atoms with Gasteiger partial charge in [0.2, 0.25) is 6.79 Å². The number of aryl methyl sites for hydroxylation is 2. The van der Waals surface area contributed by atoms with Crippen molar-refractivity contribution in [2.45, 2.75) is 19.9 Å². The van der Waals surface area contributed by atoms with Gasteiger partial charge in [-0.3, -0.25) is 14.5 Å². The van der Waals surface area contributed by atoms with Crippen LogP contribution in [0, 0.1) is 13.8 Å². The van der Waals surface area contributed by atoms with Gasteiger partial charge in [0.1, 0.15) is 11.5 Å². The standard InChI is InChI=1S/C29H28N2O6/c1-16-12-17(2)28(35-5)21(13-16)26(32)24-25(18-6-8-19(9-7-18)30(3)4)31(29(34)27(24)33)20-10-11-22-23(14-20)37-15-36-22/h6-14,25,32H,15H2,1-5H3/b26-24+. The Balaban J connectivity index is 1.74. The molecule has 1 saturated heterocycles. The van der Waals surface area contributed by atoms with E-state index in [0.717, 1.165) is 16.8 Å². The van der Waals surface area contributed by atoms with E-state index in [0.29, 0.717) is 34.1 Å². The summed E-state index contributed by atoms with van der Waals surface area (Å²) >= 11 is 0. The maximum atomic E-state index is 13.6. The maximum absolute atomic E-state index is 13.6. The van der Waals surface area contributed by atoms with Crippen LogP contribution >= 0.6 is 0 Å². The Kier molecular flexibility index (Phi) is 6.03. The first-order chi connectivity index (χ1) is 17.7. The van der Waals surface area contributed by atoms with Gasteiger partial charge in [-0.15, -0.1) is 0 Å². The number of nitrogens with zero attached hydrogens (tertiary/aromatic N) is 2. The maximum Gasteiger partial charge on any atom is 0.300 e. The fourth-order valence-electron chi connectivity index (χ4n) is 4.95. The summed E-state index contributed by atoms with van der Waals surface area (Å²) < 4.78 is 16.5. The van der Waals surface area contributed by atoms with Gasteiger partial charge in [-0.1, -0.05) is 18.2 Å². The third-order valence-electron chi connectivity index (χ3n) is 6.68. The average molecular weight is 501 g/mol. The molecule has 8 heteroatoms. The topological polar surface area (TPSA) is 88.5 Å². The number of Topliss-reactive ketones (excluding diaryl/α,β-unsaturated/α-hetero) is 1. The monoisotopic (exact) mass is 500 g/mol. The number of aliphatic hydroxyl groups excluding tert-OH is 1. The Bertz CT molecular complexity index is 1440. The van der Waals surface area contributed by atoms with Crippen molar-refractivity contribution in [1.29, 1.82) is 0 Å². The fourth-order valence-corrected chi connectivity index (χ4v) is 4.95. The van der Waals surface area contributed by atoms with Crippen molar-refractivity contribution in [3.8, 4) is 17.2 Å². The smallest absolute Gasteiger partial charge is 0.300 e. The molecule has 1 atom stereocenters. The van der Waals surface area contributed by atoms with Crippen LogP contribution < -0.4 is 24.0 Å². The average Bonchev–Trinajstić information content (AvgIpc) is 3.45. The lowest BCUT2D eigenvalue weighted by Gasteiger charge is -2.26. The molecule has 2 aliphatic heterocycles. The number of methoxy groups -OCH3 is 1. The highest BCUT2D eigenvalue weighted by Crippen LogP contribution is 2.46. The van der Waals surface area contributed by atoms with Crippen LogP contribution in [0.2, 0.25) is 0 Å². The van der Waals surface area contributed by atoms with E-state index in [9.17, 15) is 14.7 Å². The number of aliphatic hydroxyl groups is 1. The van der Waals surface area contributed by atoms with E-state index < -0.39 is 17.7 Å². The molecule has 1 amide bonds. The molecule has 190 valence electrons. The zero-order valence-corrected chi connectivity index (χ0v) is 21.4. The van der Waals surface area contributed by atoms with Gasteiger partial charge >= 0.3 is 0 Å². The third-order valence-corrected chi connectivity index (χ3v) is 6.68. The van der Waals surface area contributed by atoms with E-state index in [1.807, 2.05) is 63.2 Å². The Morgan fingerprint density at radius 3 is 2.38 bits per heavy atom. The SMILES string of the molecule is COc1c(C)cc(C)cc1/C(O)=C1\C(=O)C(=O)N(c2ccc3c(c2)OCO3)C1c1ccc(N(C)C)cc1. The largest absolute Gasteiger partial charge is 0.507 e. The van der Waals surface area contributed by atoms with E-state index in [-0.39, 0.29) is 18.1 Å². The summed E-state index contributed by atoms with van der Waals surface area (Å²) in [5, 5.41) is 11.6. The highest BCUT2D eigenvalue weighted by molar-refractivity contribution is 6.51. The number of ether oxygens (including phenoxy) is 3. The Hall–Kier alpha value is -4.46. The molecule has 1 N–H and O–H groups in total. The number of fused-ring (bicyclic) bond motifs is 1. The molecule has 0 saturated carbocycles. The number of rotatable bonds is 5. The molecule has 3 aromatic rings. The molecule has 2 aliphatic rings. The second-order valence-corrected chi connectivity index (χ2v) is 9.36. The van der Waals surface area contributed by atoms with Gasteiger partial charge in [0, 0.05) is 31.5 Å². The molecule has 0 aromatic heterocycles. The first kappa shape index (κ1) is 24.2. The van der Waals surface area contributed by atoms with Gasteiger partial charge in [-0.2, -0.15) is 0 Å². The molecule has 37 heavy (non-hydrogen) atoms. The van der Waals surface area contributed by atoms with Crippen LogP contribution in [0.3, 0.4) is 0 Å². The molecule has 8 nitrogen and oxygen atoms in total. The van der Waals surface area contributed by atoms with Crippen LogP contribution in [0.1, 0.15) is 28.3 Å². The normalized spacial score (nSPS) is 17.9. The van der Waals surface area contributed by atoms with Gasteiger partial charge in [-0.05, 0) is 60.9 Å². The molecule has 0 spiro atoms. The molecular weight excluding hydrogens is 472 g/mol. The Morgan fingerprint density at radius 2 is 1.70 bits per heavy atom. The van der Waals surface area contributed by atoms with Gasteiger partial charge in [-0.25, -0.2) is 0 Å². The number of carbonyl (C=O) groups excluding carboxylic acids is 2. The van der Waals surface area contributed by atoms with Crippen molar-refractivity contribution in [1.82, 2.24) is 0 Å². The molecule has 1 fully saturated rings. The van der Waals surface area contributed by atoms with E-state index in [1.165, 1.54) is 12.0 Å². The summed E-state index contributed by atoms with van der Waals surface area (Å²) in [7, 11) is 5.37. The van der Waals surface area contributed by atoms with Crippen molar-refractivity contribution in [2.75, 3.05) is 37.8 Å². The van der Waals surface area contributed by atoms with Gasteiger partial charge in [0.15, 0.2) is 11.5 Å². The lowest BCUT2D eigenvalue weighted by molar-refractivity contribution is -0.132. The second kappa shape index (κ2) is 9.20. The number of hydrogen-bond donors (Lipinski definition) is 1. The summed E-state index contributed by atoms with van der Waals surface area (Å²) in [6.07, 6.45) is 0. The van der Waals surface area contributed by atoms with Crippen molar-refractivity contribution in [2.24, 2.45) is 0 Å². The summed E-state index contributed by atoms with van der Waals surface area (Å²) in [4.78, 5) is 30.4. The summed E-state index contributed by atoms with van der Waals surface area (Å²) in [5.74, 6) is -0.321. The third kappa shape index (κ3) is 4.04. The molecule has 0 aliphatic carbocycles. The van der Waals surface area contributed by atoms with Gasteiger partial charge < -0.3 is 24.2 Å². The van der Waals surface area contributed by atoms with E-state index in [4.69, 9.17) is 14.2 Å². The molecule has 1 unspecified atom stereocenters. The first-order valence-electron chi connectivity index (χ1n) is 11.8. The van der Waals surface area contributed by atoms with E-state index in [2.05, 4.69) is 0 Å². The van der Waals surface area contributed by atoms with Crippen LogP contribution in [-0.4, -0.2) is 44.8 Å². The van der Waals surface area contributed by atoms with E-state index >= 15 is 0 Å². The number of benzene rings is 3. The Morgan fingerprint density at radius 1 is 1.00 bits per heavy atom. The predicted octanol–water partition coefficient (Wildman–Crippen LogP) is 4.73. The van der Waals surface area contributed by atoms with Crippen LogP contribution in [0.5, 0.6) is 17.2 Å². The molecule has 0 bridgehead atoms. The zero-order valence-electron chi connectivity index (χ0n) is 21.4. The number of ketones is 1. The predicted molar refractivity (Wildman–Crippen MR) is 141 cm³/mol. The molecule has 5 rings (SSSR count). The van der Waals surface area contributed by atoms with Crippen molar-refractivity contribution < 1.29 is 28.9 Å². The van der Waals surface area contributed by atoms with Crippen LogP contribution in [0.15, 0.2) is 60.2 Å². The molecule has 0 radical (unpaired) electrons. The fraction of sp³-hybridized carbons (Fsp3) is 0.241. The lowest BCUT2D eigenvalue weighted by atomic mass is 9.93. The van der Waals surface area contributed by atoms with Crippen molar-refractivity contribution in [3.05, 3.63) is 82.4 Å². The zero-order chi connectivity index (χ0) is 26.4. The minimum Gasteiger partial charge on any atom is -0.507 e. The number of carbonyl (C=O) groups is 2. The number of hydrogen-bond acceptors (Lipinski definition) is 7. The van der Waals surface area contributed by atoms with Crippen molar-refractivity contribution >= 4 is 28.8 Å². The minimum atomic E-state index is -0.873. The van der Waals surface area contributed by atoms with Gasteiger partial charge in [0.05, 0.1) is 24.3 Å². The first-order valence-corrected chi connectivity index (χ1v) is 11.8. The van der Waals surface area contributed by atoms with Crippen LogP contribution in [-0.2, 0) is 9.59 Å². The summed E-state index contributed by atoms with van der Waals surface area (Å²) in [6, 6.07) is 15.4. The second-order valence-electron chi connectivity index (χ2n) is 9.36. The summed E-state index contributed by atoms with van der Waals surface area (Å²) in [6.45, 7) is 3.84. The number of anilines is 2. The van der Waals surface area contributed by atoms with Crippen LogP contribution in [0.25, 0.3) is 5.76 Å². The molecule has 3 aromatic carbocycles. The molecular formula is C29H28N2O6. The van der Waals surface area contributed by atoms with Crippen molar-refractivity contribution in [3.63, 3.8) is 0 Å². The molecule has 2 heterocycles. The lowest BCUT2D eigenvalue weighted by Crippen LogP contribution is -2.29.